The molecule has 0 aliphatic rings. The first-order chi connectivity index (χ1) is 8.11. The predicted octanol–water partition coefficient (Wildman–Crippen LogP) is 0.751. The molecular weight excluding hydrogens is 224 g/mol. The van der Waals surface area contributed by atoms with Crippen LogP contribution >= 0.6 is 0 Å². The van der Waals surface area contributed by atoms with Crippen LogP contribution in [-0.2, 0) is 0 Å². The van der Waals surface area contributed by atoms with Crippen molar-refractivity contribution in [3.8, 4) is 11.9 Å². The molecule has 0 radical (unpaired) electrons. The van der Waals surface area contributed by atoms with Gasteiger partial charge in [-0.25, -0.2) is 9.97 Å². The fourth-order valence-corrected chi connectivity index (χ4v) is 1.26. The Balaban J connectivity index is 2.61. The largest absolute Gasteiger partial charge is 0.313 e. The minimum atomic E-state index is -0.560. The lowest BCUT2D eigenvalue weighted by atomic mass is 10.3. The molecule has 8 nitrogen and oxygen atoms in total. The molecule has 0 aliphatic heterocycles. The van der Waals surface area contributed by atoms with Gasteiger partial charge in [0.05, 0.1) is 4.92 Å². The number of nitro groups is 1. The molecular formula is C9H6N6O2. The summed E-state index contributed by atoms with van der Waals surface area (Å²) in [7, 11) is 0. The van der Waals surface area contributed by atoms with Gasteiger partial charge in [0.15, 0.2) is 0 Å². The summed E-state index contributed by atoms with van der Waals surface area (Å²) in [4.78, 5) is 18.0. The van der Waals surface area contributed by atoms with E-state index >= 15 is 0 Å². The minimum Gasteiger partial charge on any atom is -0.258 e. The van der Waals surface area contributed by atoms with E-state index in [9.17, 15) is 10.1 Å². The van der Waals surface area contributed by atoms with Crippen LogP contribution in [0.15, 0.2) is 18.5 Å². The van der Waals surface area contributed by atoms with Crippen LogP contribution in [0, 0.1) is 28.4 Å². The molecule has 2 aromatic rings. The Kier molecular flexibility index (Phi) is 2.50. The van der Waals surface area contributed by atoms with E-state index in [1.165, 1.54) is 18.5 Å². The molecule has 2 aromatic heterocycles. The van der Waals surface area contributed by atoms with E-state index in [4.69, 9.17) is 5.26 Å². The molecule has 8 heteroatoms. The molecule has 0 bridgehead atoms. The van der Waals surface area contributed by atoms with Crippen LogP contribution < -0.4 is 0 Å². The normalized spacial score (nSPS) is 9.88. The quantitative estimate of drug-likeness (QED) is 0.556. The lowest BCUT2D eigenvalue weighted by molar-refractivity contribution is -0.385. The third-order valence-electron chi connectivity index (χ3n) is 2.00. The maximum Gasteiger partial charge on any atom is 0.313 e. The summed E-state index contributed by atoms with van der Waals surface area (Å²) in [5, 5.41) is 23.2. The Morgan fingerprint density at radius 3 is 2.88 bits per heavy atom. The number of hydrogen-bond donors (Lipinski definition) is 0. The van der Waals surface area contributed by atoms with Crippen molar-refractivity contribution in [3.63, 3.8) is 0 Å². The lowest BCUT2D eigenvalue weighted by Gasteiger charge is -2.01. The summed E-state index contributed by atoms with van der Waals surface area (Å²) in [6, 6.07) is 4.61. The third-order valence-corrected chi connectivity index (χ3v) is 2.00. The van der Waals surface area contributed by atoms with E-state index in [0.717, 1.165) is 4.68 Å². The standard InChI is InChI=1S/C9H6N6O2/c1-6-2-3-7(15(16)17)9(12-6)14-5-11-8(4-10)13-14/h2-3,5H,1H3. The van der Waals surface area contributed by atoms with Crippen molar-refractivity contribution in [3.05, 3.63) is 40.1 Å². The Labute approximate surface area is 95.3 Å². The zero-order valence-electron chi connectivity index (χ0n) is 8.73. The summed E-state index contributed by atoms with van der Waals surface area (Å²) >= 11 is 0. The highest BCUT2D eigenvalue weighted by Crippen LogP contribution is 2.19. The van der Waals surface area contributed by atoms with Crippen molar-refractivity contribution in [2.45, 2.75) is 6.92 Å². The molecule has 0 saturated carbocycles. The van der Waals surface area contributed by atoms with Crippen molar-refractivity contribution >= 4 is 5.69 Å². The topological polar surface area (TPSA) is 111 Å². The molecule has 0 amide bonds. The second-order valence-electron chi connectivity index (χ2n) is 3.18. The van der Waals surface area contributed by atoms with E-state index in [1.54, 1.807) is 13.0 Å². The van der Waals surface area contributed by atoms with Crippen molar-refractivity contribution in [2.75, 3.05) is 0 Å². The number of aromatic nitrogens is 4. The van der Waals surface area contributed by atoms with Gasteiger partial charge in [0.1, 0.15) is 12.4 Å². The van der Waals surface area contributed by atoms with Crippen molar-refractivity contribution in [1.29, 1.82) is 5.26 Å². The number of pyridine rings is 1. The van der Waals surface area contributed by atoms with Crippen LogP contribution in [0.5, 0.6) is 0 Å². The monoisotopic (exact) mass is 230 g/mol. The summed E-state index contributed by atoms with van der Waals surface area (Å²) < 4.78 is 1.11. The molecule has 0 fully saturated rings. The number of nitriles is 1. The van der Waals surface area contributed by atoms with Crippen LogP contribution in [0.3, 0.4) is 0 Å². The van der Waals surface area contributed by atoms with E-state index < -0.39 is 4.92 Å². The van der Waals surface area contributed by atoms with Gasteiger partial charge in [-0.2, -0.15) is 9.94 Å². The number of nitrogens with zero attached hydrogens (tertiary/aromatic N) is 6. The maximum atomic E-state index is 10.8. The molecule has 2 heterocycles. The van der Waals surface area contributed by atoms with Gasteiger partial charge in [-0.1, -0.05) is 0 Å². The Morgan fingerprint density at radius 2 is 2.29 bits per heavy atom. The smallest absolute Gasteiger partial charge is 0.258 e. The maximum absolute atomic E-state index is 10.8. The van der Waals surface area contributed by atoms with Crippen molar-refractivity contribution in [1.82, 2.24) is 19.7 Å². The predicted molar refractivity (Wildman–Crippen MR) is 55.3 cm³/mol. The Bertz CT molecular complexity index is 627. The average Bonchev–Trinajstić information content (AvgIpc) is 2.76. The van der Waals surface area contributed by atoms with E-state index in [2.05, 4.69) is 15.1 Å². The summed E-state index contributed by atoms with van der Waals surface area (Å²) in [6.45, 7) is 1.70. The van der Waals surface area contributed by atoms with Crippen LogP contribution in [-0.4, -0.2) is 24.7 Å². The molecule has 0 saturated heterocycles. The Hall–Kier alpha value is -2.82. The SMILES string of the molecule is Cc1ccc([N+](=O)[O-])c(-n2cnc(C#N)n2)n1. The van der Waals surface area contributed by atoms with Gasteiger partial charge in [0.25, 0.3) is 5.82 Å². The van der Waals surface area contributed by atoms with Gasteiger partial charge < -0.3 is 0 Å². The molecule has 2 rings (SSSR count). The minimum absolute atomic E-state index is 0.0454. The van der Waals surface area contributed by atoms with Gasteiger partial charge in [-0.15, -0.1) is 5.10 Å². The highest BCUT2D eigenvalue weighted by Gasteiger charge is 2.18. The average molecular weight is 230 g/mol. The third kappa shape index (κ3) is 1.93. The molecule has 0 N–H and O–H groups in total. The first kappa shape index (κ1) is 10.7. The van der Waals surface area contributed by atoms with Gasteiger partial charge in [-0.05, 0) is 13.0 Å². The molecule has 17 heavy (non-hydrogen) atoms. The second kappa shape index (κ2) is 3.97. The molecule has 0 aliphatic carbocycles. The van der Waals surface area contributed by atoms with Crippen molar-refractivity contribution < 1.29 is 4.92 Å². The first-order valence-electron chi connectivity index (χ1n) is 4.56. The van der Waals surface area contributed by atoms with E-state index in [1.807, 2.05) is 0 Å². The summed E-state index contributed by atoms with van der Waals surface area (Å²) in [5.41, 5.74) is 0.421. The van der Waals surface area contributed by atoms with Crippen LogP contribution in [0.4, 0.5) is 5.69 Å². The van der Waals surface area contributed by atoms with Crippen LogP contribution in [0.1, 0.15) is 11.5 Å². The van der Waals surface area contributed by atoms with Gasteiger partial charge in [0.2, 0.25) is 5.82 Å². The number of hydrogen-bond acceptors (Lipinski definition) is 6. The highest BCUT2D eigenvalue weighted by molar-refractivity contribution is 5.46. The Morgan fingerprint density at radius 1 is 1.53 bits per heavy atom. The molecule has 0 spiro atoms. The van der Waals surface area contributed by atoms with E-state index in [-0.39, 0.29) is 17.3 Å². The summed E-state index contributed by atoms with van der Waals surface area (Å²) in [5.74, 6) is -0.0217. The van der Waals surface area contributed by atoms with Gasteiger partial charge in [0, 0.05) is 11.8 Å². The molecule has 0 aromatic carbocycles. The summed E-state index contributed by atoms with van der Waals surface area (Å²) in [6.07, 6.45) is 1.22. The zero-order valence-corrected chi connectivity index (χ0v) is 8.73. The lowest BCUT2D eigenvalue weighted by Crippen LogP contribution is -2.04. The number of rotatable bonds is 2. The second-order valence-corrected chi connectivity index (χ2v) is 3.18. The van der Waals surface area contributed by atoms with Gasteiger partial charge in [-0.3, -0.25) is 10.1 Å². The first-order valence-corrected chi connectivity index (χ1v) is 4.56. The van der Waals surface area contributed by atoms with Gasteiger partial charge >= 0.3 is 5.69 Å². The van der Waals surface area contributed by atoms with Crippen LogP contribution in [0.2, 0.25) is 0 Å². The highest BCUT2D eigenvalue weighted by atomic mass is 16.6. The molecule has 84 valence electrons. The van der Waals surface area contributed by atoms with Crippen LogP contribution in [0.25, 0.3) is 5.82 Å². The number of aryl methyl sites for hydroxylation is 1. The van der Waals surface area contributed by atoms with Crippen molar-refractivity contribution in [2.24, 2.45) is 0 Å². The fraction of sp³-hybridized carbons (Fsp3) is 0.111. The zero-order chi connectivity index (χ0) is 12.4. The molecule has 0 atom stereocenters. The fourth-order valence-electron chi connectivity index (χ4n) is 1.26. The van der Waals surface area contributed by atoms with E-state index in [0.29, 0.717) is 5.69 Å². The molecule has 0 unspecified atom stereocenters.